The minimum absolute atomic E-state index is 0.0404. The van der Waals surface area contributed by atoms with Gasteiger partial charge in [-0.1, -0.05) is 0 Å². The molecule has 0 aromatic carbocycles. The van der Waals surface area contributed by atoms with Gasteiger partial charge in [-0.25, -0.2) is 4.68 Å². The third-order valence-corrected chi connectivity index (χ3v) is 6.42. The van der Waals surface area contributed by atoms with Crippen LogP contribution in [0.3, 0.4) is 0 Å². The summed E-state index contributed by atoms with van der Waals surface area (Å²) < 4.78 is 29.4. The highest BCUT2D eigenvalue weighted by Crippen LogP contribution is 2.42. The van der Waals surface area contributed by atoms with Crippen LogP contribution in [-0.4, -0.2) is 68.4 Å². The zero-order chi connectivity index (χ0) is 21.3. The molecule has 2 fully saturated rings. The lowest BCUT2D eigenvalue weighted by atomic mass is 10.2. The summed E-state index contributed by atoms with van der Waals surface area (Å²) in [5.74, 6) is 0.0188. The van der Waals surface area contributed by atoms with Crippen molar-refractivity contribution in [3.63, 3.8) is 0 Å². The molecule has 13 heteroatoms. The van der Waals surface area contributed by atoms with Gasteiger partial charge in [0.1, 0.15) is 5.82 Å². The van der Waals surface area contributed by atoms with Crippen molar-refractivity contribution in [2.75, 3.05) is 32.2 Å². The Morgan fingerprint density at radius 1 is 1.37 bits per heavy atom. The molecule has 3 unspecified atom stereocenters. The number of methoxy groups -OCH3 is 1. The highest BCUT2D eigenvalue weighted by atomic mass is 35.5. The summed E-state index contributed by atoms with van der Waals surface area (Å²) in [6, 6.07) is 0. The number of nitrogens with one attached hydrogen (secondary N) is 1. The highest BCUT2D eigenvalue weighted by Gasteiger charge is 2.34. The Labute approximate surface area is 178 Å². The Bertz CT molecular complexity index is 935. The molecular formula is C17H25ClN5O6P. The van der Waals surface area contributed by atoms with Gasteiger partial charge in [0.15, 0.2) is 17.7 Å². The second kappa shape index (κ2) is 9.04. The van der Waals surface area contributed by atoms with Crippen molar-refractivity contribution in [2.45, 2.75) is 43.9 Å². The molecule has 4 rings (SSSR count). The molecule has 1 aliphatic heterocycles. The van der Waals surface area contributed by atoms with E-state index in [0.29, 0.717) is 30.2 Å². The third kappa shape index (κ3) is 5.11. The van der Waals surface area contributed by atoms with Gasteiger partial charge >= 0.3 is 7.60 Å². The Morgan fingerprint density at radius 3 is 2.87 bits per heavy atom. The van der Waals surface area contributed by atoms with E-state index in [2.05, 4.69) is 20.4 Å². The summed E-state index contributed by atoms with van der Waals surface area (Å²) in [5, 5.41) is 8.65. The quantitative estimate of drug-likeness (QED) is 0.356. The Kier molecular flexibility index (Phi) is 6.59. The molecule has 0 radical (unpaired) electrons. The van der Waals surface area contributed by atoms with Crippen LogP contribution in [0.1, 0.15) is 31.9 Å². The molecule has 1 saturated heterocycles. The summed E-state index contributed by atoms with van der Waals surface area (Å²) in [7, 11) is -3.07. The van der Waals surface area contributed by atoms with Crippen LogP contribution in [0.15, 0.2) is 6.20 Å². The molecule has 1 saturated carbocycles. The van der Waals surface area contributed by atoms with E-state index in [9.17, 15) is 14.4 Å². The number of hydrogen-bond donors (Lipinski definition) is 3. The number of rotatable bonds is 10. The van der Waals surface area contributed by atoms with Crippen molar-refractivity contribution in [1.82, 2.24) is 19.7 Å². The molecule has 2 aliphatic rings. The van der Waals surface area contributed by atoms with E-state index in [-0.39, 0.29) is 30.8 Å². The van der Waals surface area contributed by atoms with Crippen LogP contribution >= 0.6 is 19.2 Å². The van der Waals surface area contributed by atoms with Crippen molar-refractivity contribution in [2.24, 2.45) is 5.92 Å². The van der Waals surface area contributed by atoms with Crippen LogP contribution < -0.4 is 5.32 Å². The van der Waals surface area contributed by atoms with Crippen molar-refractivity contribution >= 4 is 36.0 Å². The van der Waals surface area contributed by atoms with E-state index in [1.165, 1.54) is 20.0 Å². The molecule has 3 atom stereocenters. The number of ether oxygens (including phenoxy) is 3. The normalized spacial score (nSPS) is 23.2. The third-order valence-electron chi connectivity index (χ3n) is 5.20. The average molecular weight is 462 g/mol. The van der Waals surface area contributed by atoms with Crippen molar-refractivity contribution < 1.29 is 28.6 Å². The van der Waals surface area contributed by atoms with Gasteiger partial charge in [0.05, 0.1) is 30.9 Å². The predicted molar refractivity (Wildman–Crippen MR) is 108 cm³/mol. The molecule has 0 spiro atoms. The van der Waals surface area contributed by atoms with Crippen LogP contribution in [0.4, 0.5) is 5.82 Å². The monoisotopic (exact) mass is 461 g/mol. The molecule has 11 nitrogen and oxygen atoms in total. The van der Waals surface area contributed by atoms with Crippen LogP contribution in [0.5, 0.6) is 0 Å². The molecule has 0 bridgehead atoms. The summed E-state index contributed by atoms with van der Waals surface area (Å²) in [6.07, 6.45) is 4.73. The lowest BCUT2D eigenvalue weighted by molar-refractivity contribution is -0.0620. The van der Waals surface area contributed by atoms with Gasteiger partial charge in [-0.15, -0.1) is 0 Å². The van der Waals surface area contributed by atoms with Crippen LogP contribution in [-0.2, 0) is 18.8 Å². The minimum atomic E-state index is -4.42. The van der Waals surface area contributed by atoms with E-state index >= 15 is 0 Å². The molecular weight excluding hydrogens is 437 g/mol. The van der Waals surface area contributed by atoms with E-state index in [1.807, 2.05) is 0 Å². The molecule has 1 aliphatic carbocycles. The van der Waals surface area contributed by atoms with Crippen molar-refractivity contribution in [1.29, 1.82) is 0 Å². The smallest absolute Gasteiger partial charge is 0.356 e. The minimum Gasteiger partial charge on any atom is -0.381 e. The van der Waals surface area contributed by atoms with Crippen LogP contribution in [0.2, 0.25) is 5.28 Å². The zero-order valence-electron chi connectivity index (χ0n) is 16.5. The second-order valence-corrected chi connectivity index (χ2v) is 9.71. The fourth-order valence-electron chi connectivity index (χ4n) is 3.40. The number of fused-ring (bicyclic) bond motifs is 1. The van der Waals surface area contributed by atoms with Gasteiger partial charge in [-0.3, -0.25) is 4.57 Å². The van der Waals surface area contributed by atoms with Gasteiger partial charge in [0.2, 0.25) is 5.28 Å². The first-order valence-corrected chi connectivity index (χ1v) is 11.9. The van der Waals surface area contributed by atoms with Crippen molar-refractivity contribution in [3.8, 4) is 0 Å². The maximum atomic E-state index is 11.5. The Morgan fingerprint density at radius 2 is 2.17 bits per heavy atom. The zero-order valence-corrected chi connectivity index (χ0v) is 18.1. The van der Waals surface area contributed by atoms with Crippen molar-refractivity contribution in [3.05, 3.63) is 11.5 Å². The van der Waals surface area contributed by atoms with Crippen LogP contribution in [0, 0.1) is 5.92 Å². The van der Waals surface area contributed by atoms with E-state index in [4.69, 9.17) is 25.8 Å². The summed E-state index contributed by atoms with van der Waals surface area (Å²) in [5.41, 5.74) is 0.576. The average Bonchev–Trinajstić information content (AvgIpc) is 3.23. The maximum absolute atomic E-state index is 11.5. The van der Waals surface area contributed by atoms with Gasteiger partial charge in [0, 0.05) is 13.7 Å². The fraction of sp³-hybridized carbons (Fsp3) is 0.706. The summed E-state index contributed by atoms with van der Waals surface area (Å²) >= 11 is 6.13. The first-order valence-electron chi connectivity index (χ1n) is 9.81. The number of hydrogen-bond acceptors (Lipinski definition) is 8. The van der Waals surface area contributed by atoms with Gasteiger partial charge in [-0.05, 0) is 43.2 Å². The van der Waals surface area contributed by atoms with E-state index < -0.39 is 13.4 Å². The number of halogens is 1. The number of aromatic nitrogens is 4. The molecule has 3 heterocycles. The van der Waals surface area contributed by atoms with Gasteiger partial charge in [0.25, 0.3) is 0 Å². The largest absolute Gasteiger partial charge is 0.381 e. The highest BCUT2D eigenvalue weighted by molar-refractivity contribution is 7.52. The number of anilines is 1. The SMILES string of the molecule is COCC(OCC1CCC(n2ncc3c(NCC4CC4)nc(Cl)nc32)O1)P(=O)(O)O. The van der Waals surface area contributed by atoms with Crippen LogP contribution in [0.25, 0.3) is 11.0 Å². The topological polar surface area (TPSA) is 141 Å². The molecule has 166 valence electrons. The molecule has 3 N–H and O–H groups in total. The van der Waals surface area contributed by atoms with E-state index in [1.54, 1.807) is 10.9 Å². The standard InChI is InChI=1S/C17H25ClN5O6P/c1-27-9-14(30(24,25)26)28-8-11-4-5-13(29-11)23-16-12(7-20-23)15(21-17(18)22-16)19-6-10-2-3-10/h7,10-11,13-14H,2-6,8-9H2,1H3,(H,19,21,22)(H2,24,25,26). The molecule has 2 aromatic rings. The number of nitrogens with zero attached hydrogens (tertiary/aromatic N) is 4. The molecule has 30 heavy (non-hydrogen) atoms. The Balaban J connectivity index is 1.43. The predicted octanol–water partition coefficient (Wildman–Crippen LogP) is 2.15. The Hall–Kier alpha value is -1.33. The summed E-state index contributed by atoms with van der Waals surface area (Å²) in [6.45, 7) is 0.685. The lowest BCUT2D eigenvalue weighted by Crippen LogP contribution is -2.25. The van der Waals surface area contributed by atoms with Gasteiger partial charge < -0.3 is 29.3 Å². The molecule has 2 aromatic heterocycles. The summed E-state index contributed by atoms with van der Waals surface area (Å²) in [4.78, 5) is 27.3. The lowest BCUT2D eigenvalue weighted by Gasteiger charge is -2.20. The fourth-order valence-corrected chi connectivity index (χ4v) is 4.19. The maximum Gasteiger partial charge on any atom is 0.356 e. The first kappa shape index (κ1) is 21.9. The second-order valence-electron chi connectivity index (χ2n) is 7.61. The van der Waals surface area contributed by atoms with Gasteiger partial charge in [-0.2, -0.15) is 15.1 Å². The van der Waals surface area contributed by atoms with E-state index in [0.717, 1.165) is 11.9 Å². The first-order chi connectivity index (χ1) is 14.3. The molecule has 0 amide bonds.